The van der Waals surface area contributed by atoms with Crippen LogP contribution in [0, 0.1) is 23.7 Å². The molecule has 0 saturated heterocycles. The van der Waals surface area contributed by atoms with Gasteiger partial charge in [-0.15, -0.1) is 0 Å². The zero-order valence-electron chi connectivity index (χ0n) is 12.4. The lowest BCUT2D eigenvalue weighted by Gasteiger charge is -2.30. The van der Waals surface area contributed by atoms with E-state index in [9.17, 15) is 19.5 Å². The molecule has 2 fully saturated rings. The van der Waals surface area contributed by atoms with E-state index < -0.39 is 17.8 Å². The van der Waals surface area contributed by atoms with Crippen LogP contribution in [0.4, 0.5) is 5.69 Å². The van der Waals surface area contributed by atoms with E-state index in [0.717, 1.165) is 19.3 Å². The fourth-order valence-electron chi connectivity index (χ4n) is 4.05. The van der Waals surface area contributed by atoms with Crippen molar-refractivity contribution in [1.29, 1.82) is 0 Å². The molecule has 0 aliphatic heterocycles. The number of ketones is 1. The van der Waals surface area contributed by atoms with E-state index >= 15 is 0 Å². The van der Waals surface area contributed by atoms with Crippen molar-refractivity contribution in [3.05, 3.63) is 29.8 Å². The first-order valence-electron chi connectivity index (χ1n) is 7.60. The SMILES string of the molecule is CC(=O)c1cccc(NC(=O)[C@@H]2[C@H]3CC[C@@H](C3)[C@@H]2C(=O)[O-])c1. The summed E-state index contributed by atoms with van der Waals surface area (Å²) in [6, 6.07) is 6.69. The number of amides is 1. The van der Waals surface area contributed by atoms with Crippen molar-refractivity contribution < 1.29 is 19.5 Å². The number of Topliss-reactive ketones (excluding diaryl/α,β-unsaturated/α-hetero) is 1. The van der Waals surface area contributed by atoms with Crippen molar-refractivity contribution in [2.24, 2.45) is 23.7 Å². The molecule has 0 spiro atoms. The van der Waals surface area contributed by atoms with Crippen LogP contribution < -0.4 is 10.4 Å². The zero-order valence-corrected chi connectivity index (χ0v) is 12.4. The molecule has 22 heavy (non-hydrogen) atoms. The third-order valence-corrected chi connectivity index (χ3v) is 5.03. The quantitative estimate of drug-likeness (QED) is 0.848. The maximum Gasteiger partial charge on any atom is 0.228 e. The summed E-state index contributed by atoms with van der Waals surface area (Å²) in [5.41, 5.74) is 1.04. The number of carbonyl (C=O) groups excluding carboxylic acids is 3. The number of carbonyl (C=O) groups is 3. The first kappa shape index (κ1) is 14.8. The molecule has 0 heterocycles. The number of rotatable bonds is 4. The molecule has 1 N–H and O–H groups in total. The van der Waals surface area contributed by atoms with Gasteiger partial charge in [0, 0.05) is 29.1 Å². The summed E-state index contributed by atoms with van der Waals surface area (Å²) in [6.07, 6.45) is 2.57. The average molecular weight is 300 g/mol. The van der Waals surface area contributed by atoms with Gasteiger partial charge in [0.05, 0.1) is 0 Å². The van der Waals surface area contributed by atoms with E-state index in [1.54, 1.807) is 24.3 Å². The second kappa shape index (κ2) is 5.55. The number of benzene rings is 1. The van der Waals surface area contributed by atoms with E-state index in [2.05, 4.69) is 5.32 Å². The van der Waals surface area contributed by atoms with Gasteiger partial charge in [-0.05, 0) is 50.2 Å². The van der Waals surface area contributed by atoms with Gasteiger partial charge in [0.1, 0.15) is 0 Å². The molecule has 0 aromatic heterocycles. The van der Waals surface area contributed by atoms with Gasteiger partial charge in [-0.25, -0.2) is 0 Å². The van der Waals surface area contributed by atoms with Crippen LogP contribution in [0.25, 0.3) is 0 Å². The van der Waals surface area contributed by atoms with E-state index in [1.807, 2.05) is 0 Å². The van der Waals surface area contributed by atoms with Crippen LogP contribution >= 0.6 is 0 Å². The monoisotopic (exact) mass is 300 g/mol. The number of hydrogen-bond donors (Lipinski definition) is 1. The Morgan fingerprint density at radius 2 is 1.82 bits per heavy atom. The maximum absolute atomic E-state index is 12.5. The van der Waals surface area contributed by atoms with Gasteiger partial charge in [-0.2, -0.15) is 0 Å². The topological polar surface area (TPSA) is 86.3 Å². The van der Waals surface area contributed by atoms with Gasteiger partial charge >= 0.3 is 0 Å². The normalized spacial score (nSPS) is 29.3. The van der Waals surface area contributed by atoms with E-state index in [4.69, 9.17) is 0 Å². The van der Waals surface area contributed by atoms with Gasteiger partial charge in [-0.1, -0.05) is 12.1 Å². The second-order valence-electron chi connectivity index (χ2n) is 6.33. The highest BCUT2D eigenvalue weighted by atomic mass is 16.4. The fraction of sp³-hybridized carbons (Fsp3) is 0.471. The van der Waals surface area contributed by atoms with Crippen LogP contribution in [0.3, 0.4) is 0 Å². The lowest BCUT2D eigenvalue weighted by molar-refractivity contribution is -0.314. The number of fused-ring (bicyclic) bond motifs is 2. The summed E-state index contributed by atoms with van der Waals surface area (Å²) in [7, 11) is 0. The Morgan fingerprint density at radius 1 is 1.14 bits per heavy atom. The van der Waals surface area contributed by atoms with E-state index in [0.29, 0.717) is 11.3 Å². The van der Waals surface area contributed by atoms with E-state index in [1.165, 1.54) is 6.92 Å². The Labute approximate surface area is 128 Å². The largest absolute Gasteiger partial charge is 0.550 e. The summed E-state index contributed by atoms with van der Waals surface area (Å²) in [6.45, 7) is 1.46. The Kier molecular flexibility index (Phi) is 3.72. The summed E-state index contributed by atoms with van der Waals surface area (Å²) in [4.78, 5) is 35.3. The molecule has 4 atom stereocenters. The van der Waals surface area contributed by atoms with Crippen molar-refractivity contribution in [3.63, 3.8) is 0 Å². The number of hydrogen-bond acceptors (Lipinski definition) is 4. The second-order valence-corrected chi connectivity index (χ2v) is 6.33. The van der Waals surface area contributed by atoms with Crippen LogP contribution in [-0.4, -0.2) is 17.7 Å². The Hall–Kier alpha value is -2.17. The molecular weight excluding hydrogens is 282 g/mol. The molecule has 5 nitrogen and oxygen atoms in total. The summed E-state index contributed by atoms with van der Waals surface area (Å²) < 4.78 is 0. The first-order valence-corrected chi connectivity index (χ1v) is 7.60. The summed E-state index contributed by atoms with van der Waals surface area (Å²) in [5.74, 6) is -2.49. The molecule has 2 aliphatic carbocycles. The molecule has 0 radical (unpaired) electrons. The lowest BCUT2D eigenvalue weighted by atomic mass is 9.78. The van der Waals surface area contributed by atoms with Crippen LogP contribution in [0.5, 0.6) is 0 Å². The first-order chi connectivity index (χ1) is 10.5. The van der Waals surface area contributed by atoms with Crippen molar-refractivity contribution in [2.75, 3.05) is 5.32 Å². The van der Waals surface area contributed by atoms with Crippen molar-refractivity contribution in [1.82, 2.24) is 0 Å². The lowest BCUT2D eigenvalue weighted by Crippen LogP contribution is -2.43. The number of carboxylic acid groups (broad SMARTS) is 1. The Morgan fingerprint density at radius 3 is 2.45 bits per heavy atom. The van der Waals surface area contributed by atoms with Crippen molar-refractivity contribution in [3.8, 4) is 0 Å². The van der Waals surface area contributed by atoms with Gasteiger partial charge in [0.2, 0.25) is 5.91 Å². The Bertz CT molecular complexity index is 639. The highest BCUT2D eigenvalue weighted by molar-refractivity contribution is 5.98. The van der Waals surface area contributed by atoms with Gasteiger partial charge in [0.15, 0.2) is 5.78 Å². The van der Waals surface area contributed by atoms with Gasteiger partial charge in [-0.3, -0.25) is 9.59 Å². The van der Waals surface area contributed by atoms with Crippen molar-refractivity contribution >= 4 is 23.3 Å². The fourth-order valence-corrected chi connectivity index (χ4v) is 4.05. The molecular formula is C17H18NO4-. The molecule has 3 rings (SSSR count). The summed E-state index contributed by atoms with van der Waals surface area (Å²) in [5, 5.41) is 14.1. The minimum atomic E-state index is -1.12. The number of aliphatic carboxylic acids is 1. The van der Waals surface area contributed by atoms with Crippen LogP contribution in [0.15, 0.2) is 24.3 Å². The predicted octanol–water partition coefficient (Wildman–Crippen LogP) is 1.24. The van der Waals surface area contributed by atoms with E-state index in [-0.39, 0.29) is 23.5 Å². The highest BCUT2D eigenvalue weighted by Crippen LogP contribution is 2.52. The summed E-state index contributed by atoms with van der Waals surface area (Å²) >= 11 is 0. The molecule has 5 heteroatoms. The van der Waals surface area contributed by atoms with Crippen molar-refractivity contribution in [2.45, 2.75) is 26.2 Å². The van der Waals surface area contributed by atoms with Crippen LogP contribution in [0.1, 0.15) is 36.5 Å². The number of anilines is 1. The number of nitrogens with one attached hydrogen (secondary N) is 1. The molecule has 2 aliphatic rings. The molecule has 1 aromatic carbocycles. The van der Waals surface area contributed by atoms with Gasteiger partial charge in [0.25, 0.3) is 0 Å². The predicted molar refractivity (Wildman–Crippen MR) is 77.9 cm³/mol. The highest BCUT2D eigenvalue weighted by Gasteiger charge is 2.51. The molecule has 1 amide bonds. The van der Waals surface area contributed by atoms with Gasteiger partial charge < -0.3 is 15.2 Å². The number of carboxylic acids is 1. The molecule has 2 saturated carbocycles. The molecule has 1 aromatic rings. The molecule has 116 valence electrons. The zero-order chi connectivity index (χ0) is 15.9. The Balaban J connectivity index is 1.78. The molecule has 0 unspecified atom stereocenters. The smallest absolute Gasteiger partial charge is 0.228 e. The maximum atomic E-state index is 12.5. The third kappa shape index (κ3) is 2.51. The minimum absolute atomic E-state index is 0.0642. The van der Waals surface area contributed by atoms with Crippen LogP contribution in [0.2, 0.25) is 0 Å². The average Bonchev–Trinajstić information content (AvgIpc) is 3.07. The van der Waals surface area contributed by atoms with Crippen LogP contribution in [-0.2, 0) is 9.59 Å². The third-order valence-electron chi connectivity index (χ3n) is 5.03. The minimum Gasteiger partial charge on any atom is -0.550 e. The standard InChI is InChI=1S/C17H19NO4/c1-9(19)10-3-2-4-13(8-10)18-16(20)14-11-5-6-12(7-11)15(14)17(21)22/h2-4,8,11-12,14-15H,5-7H2,1H3,(H,18,20)(H,21,22)/p-1/t11-,12-,14+,15-/m0/s1. The molecule has 2 bridgehead atoms.